The highest BCUT2D eigenvalue weighted by atomic mass is 19.1. The lowest BCUT2D eigenvalue weighted by molar-refractivity contribution is -0.132. The van der Waals surface area contributed by atoms with Crippen LogP contribution in [0.25, 0.3) is 5.41 Å². The van der Waals surface area contributed by atoms with Gasteiger partial charge in [0.15, 0.2) is 0 Å². The van der Waals surface area contributed by atoms with Gasteiger partial charge in [-0.1, -0.05) is 25.7 Å². The van der Waals surface area contributed by atoms with Gasteiger partial charge >= 0.3 is 0 Å². The molecule has 1 aromatic rings. The fourth-order valence-electron chi connectivity index (χ4n) is 4.80. The first-order valence-corrected chi connectivity index (χ1v) is 13.2. The molecule has 2 heterocycles. The Morgan fingerprint density at radius 2 is 2.00 bits per heavy atom. The normalized spacial score (nSPS) is 19.0. The minimum absolute atomic E-state index is 0.0131. The molecule has 10 heteroatoms. The summed E-state index contributed by atoms with van der Waals surface area (Å²) < 4.78 is 20.4. The van der Waals surface area contributed by atoms with Crippen molar-refractivity contribution in [2.24, 2.45) is 17.6 Å². The fraction of sp³-hybridized carbons (Fsp3) is 0.630. The summed E-state index contributed by atoms with van der Waals surface area (Å²) in [6.45, 7) is 5.89. The summed E-state index contributed by atoms with van der Waals surface area (Å²) in [5, 5.41) is 21.5. The maximum absolute atomic E-state index is 14.7. The van der Waals surface area contributed by atoms with Crippen molar-refractivity contribution < 1.29 is 18.7 Å². The summed E-state index contributed by atoms with van der Waals surface area (Å²) in [4.78, 5) is 28.0. The number of rotatable bonds is 9. The highest BCUT2D eigenvalue weighted by Gasteiger charge is 2.32. The van der Waals surface area contributed by atoms with Crippen molar-refractivity contribution >= 4 is 17.8 Å². The Morgan fingerprint density at radius 3 is 2.65 bits per heavy atom. The van der Waals surface area contributed by atoms with Gasteiger partial charge < -0.3 is 31.0 Å². The van der Waals surface area contributed by atoms with Crippen molar-refractivity contribution in [3.63, 3.8) is 0 Å². The van der Waals surface area contributed by atoms with Crippen molar-refractivity contribution in [3.8, 4) is 11.8 Å². The largest absolute Gasteiger partial charge is 0.493 e. The van der Waals surface area contributed by atoms with Crippen LogP contribution in [0.4, 0.5) is 9.18 Å². The van der Waals surface area contributed by atoms with Crippen LogP contribution in [0.2, 0.25) is 0 Å². The van der Waals surface area contributed by atoms with E-state index in [2.05, 4.69) is 11.4 Å². The van der Waals surface area contributed by atoms with Crippen molar-refractivity contribution in [2.75, 3.05) is 26.2 Å². The number of carbonyl (C=O) groups excluding carboxylic acids is 2. The van der Waals surface area contributed by atoms with Gasteiger partial charge in [-0.25, -0.2) is 4.39 Å². The Balaban J connectivity index is 1.37. The number of hydrogen-bond acceptors (Lipinski definition) is 5. The van der Waals surface area contributed by atoms with Crippen molar-refractivity contribution in [1.29, 1.82) is 5.26 Å². The van der Waals surface area contributed by atoms with Gasteiger partial charge in [0.1, 0.15) is 17.6 Å². The van der Waals surface area contributed by atoms with E-state index in [0.717, 1.165) is 32.1 Å². The molecule has 2 aliphatic rings. The van der Waals surface area contributed by atoms with Gasteiger partial charge in [0.25, 0.3) is 0 Å². The summed E-state index contributed by atoms with van der Waals surface area (Å²) in [7, 11) is 0. The smallest absolute Gasteiger partial charge is 0.240 e. The van der Waals surface area contributed by atoms with E-state index in [9.17, 15) is 24.7 Å². The average Bonchev–Trinajstić information content (AvgIpc) is 3.36. The molecule has 2 atom stereocenters. The van der Waals surface area contributed by atoms with Crippen LogP contribution in [0.3, 0.4) is 0 Å². The molecule has 3 N–H and O–H groups in total. The molecule has 3 amide bonds. The van der Waals surface area contributed by atoms with Crippen molar-refractivity contribution in [3.05, 3.63) is 35.0 Å². The number of ether oxygens (including phenoxy) is 1. The van der Waals surface area contributed by atoms with Crippen LogP contribution in [0, 0.1) is 29.0 Å². The predicted molar refractivity (Wildman–Crippen MR) is 139 cm³/mol. The number of nitrogens with one attached hydrogen (secondary N) is 1. The summed E-state index contributed by atoms with van der Waals surface area (Å²) >= 11 is 0. The Labute approximate surface area is 218 Å². The van der Waals surface area contributed by atoms with Crippen LogP contribution in [-0.4, -0.2) is 65.9 Å². The molecule has 0 saturated carbocycles. The molecule has 2 saturated heterocycles. The number of hydrogen-bond donors (Lipinski definition) is 2. The molecule has 9 nitrogen and oxygen atoms in total. The van der Waals surface area contributed by atoms with Crippen LogP contribution in [0.1, 0.15) is 57.9 Å². The van der Waals surface area contributed by atoms with Gasteiger partial charge in [-0.15, -0.1) is 0 Å². The van der Waals surface area contributed by atoms with Gasteiger partial charge in [-0.3, -0.25) is 9.59 Å². The lowest BCUT2D eigenvalue weighted by atomic mass is 9.92. The second-order valence-electron chi connectivity index (χ2n) is 10.3. The summed E-state index contributed by atoms with van der Waals surface area (Å²) in [6.07, 6.45) is 5.04. The quantitative estimate of drug-likeness (QED) is 0.296. The third-order valence-corrected chi connectivity index (χ3v) is 7.18. The lowest BCUT2D eigenvalue weighted by Gasteiger charge is -2.35. The second-order valence-corrected chi connectivity index (χ2v) is 10.3. The number of nitrogens with two attached hydrogens (primary N) is 1. The molecule has 0 aromatic heterocycles. The molecule has 0 radical (unpaired) electrons. The first-order valence-electron chi connectivity index (χ1n) is 13.2. The first kappa shape index (κ1) is 28.4. The second kappa shape index (κ2) is 13.4. The zero-order valence-electron chi connectivity index (χ0n) is 21.8. The van der Waals surface area contributed by atoms with Crippen molar-refractivity contribution in [2.45, 2.75) is 70.9 Å². The zero-order chi connectivity index (χ0) is 26.9. The fourth-order valence-corrected chi connectivity index (χ4v) is 4.80. The Hall–Kier alpha value is -3.19. The van der Waals surface area contributed by atoms with E-state index in [-0.39, 0.29) is 30.1 Å². The minimum Gasteiger partial charge on any atom is -0.493 e. The highest BCUT2D eigenvalue weighted by molar-refractivity contribution is 6.00. The number of nitrogens with zero attached hydrogens (tertiary/aromatic N) is 4. The molecule has 202 valence electrons. The van der Waals surface area contributed by atoms with E-state index in [1.54, 1.807) is 17.0 Å². The SMILES string of the molecule is CC(C)C(=[N-])NC(=O)N1CCC(CCCOc2ccc(C[C@H](N)C(=O)N3CCC[C@H]3C#N)c(F)c2)CC1. The van der Waals surface area contributed by atoms with E-state index in [0.29, 0.717) is 49.9 Å². The molecule has 37 heavy (non-hydrogen) atoms. The Bertz CT molecular complexity index is 1000. The van der Waals surface area contributed by atoms with Gasteiger partial charge in [0, 0.05) is 25.7 Å². The minimum atomic E-state index is -0.897. The molecule has 3 rings (SSSR count). The van der Waals surface area contributed by atoms with Crippen LogP contribution in [0.15, 0.2) is 18.2 Å². The molecular weight excluding hydrogens is 475 g/mol. The van der Waals surface area contributed by atoms with E-state index in [4.69, 9.17) is 10.5 Å². The van der Waals surface area contributed by atoms with Crippen LogP contribution in [0.5, 0.6) is 5.75 Å². The highest BCUT2D eigenvalue weighted by Crippen LogP contribution is 2.24. The summed E-state index contributed by atoms with van der Waals surface area (Å²) in [5.41, 5.74) is 6.39. The number of nitriles is 1. The molecule has 1 aromatic carbocycles. The molecule has 0 unspecified atom stereocenters. The average molecular weight is 514 g/mol. The number of halogens is 1. The van der Waals surface area contributed by atoms with E-state index < -0.39 is 17.9 Å². The Morgan fingerprint density at radius 1 is 1.27 bits per heavy atom. The number of benzene rings is 1. The topological polar surface area (TPSA) is 134 Å². The number of urea groups is 1. The number of piperidine rings is 1. The predicted octanol–water partition coefficient (Wildman–Crippen LogP) is 3.41. The van der Waals surface area contributed by atoms with Crippen LogP contribution in [-0.2, 0) is 11.2 Å². The first-order chi connectivity index (χ1) is 17.7. The molecule has 0 bridgehead atoms. The molecule has 0 aliphatic carbocycles. The number of amidine groups is 1. The number of carbonyl (C=O) groups is 2. The lowest BCUT2D eigenvalue weighted by Crippen LogP contribution is -2.47. The van der Waals surface area contributed by atoms with E-state index in [1.807, 2.05) is 13.8 Å². The van der Waals surface area contributed by atoms with Crippen LogP contribution >= 0.6 is 0 Å². The van der Waals surface area contributed by atoms with E-state index >= 15 is 0 Å². The van der Waals surface area contributed by atoms with Crippen LogP contribution < -0.4 is 15.8 Å². The maximum atomic E-state index is 14.7. The third kappa shape index (κ3) is 7.89. The van der Waals surface area contributed by atoms with E-state index in [1.165, 1.54) is 11.0 Å². The maximum Gasteiger partial charge on any atom is 0.240 e. The third-order valence-electron chi connectivity index (χ3n) is 7.18. The van der Waals surface area contributed by atoms with Gasteiger partial charge in [0.2, 0.25) is 11.9 Å². The standard InChI is InChI=1S/C27H38FN6O3/c1-18(2)25(31)32-27(36)33-12-9-19(10-13-33)5-4-14-37-22-8-7-20(23(28)16-22)15-24(30)26(35)34-11-3-6-21(34)17-29/h7-8,16,18-19,21,24H,3-6,9-15,30H2,1-2H3,(H-,31,32,36)/q-1/t21-,24-/m0/s1. The summed E-state index contributed by atoms with van der Waals surface area (Å²) in [5.74, 6) is 0.00205. The zero-order valence-corrected chi connectivity index (χ0v) is 21.8. The molecule has 2 fully saturated rings. The van der Waals surface area contributed by atoms with Gasteiger partial charge in [0.05, 0.1) is 18.7 Å². The number of likely N-dealkylation sites (tertiary alicyclic amines) is 2. The Kier molecular flexibility index (Phi) is 10.3. The summed E-state index contributed by atoms with van der Waals surface area (Å²) in [6, 6.07) is 5.12. The number of amides is 3. The molecular formula is C27H38FN6O3-. The van der Waals surface area contributed by atoms with Gasteiger partial charge in [-0.05, 0) is 68.4 Å². The van der Waals surface area contributed by atoms with Gasteiger partial charge in [-0.2, -0.15) is 5.26 Å². The molecule has 0 spiro atoms. The van der Waals surface area contributed by atoms with Crippen molar-refractivity contribution in [1.82, 2.24) is 15.1 Å². The monoisotopic (exact) mass is 513 g/mol. The molecule has 2 aliphatic heterocycles.